The van der Waals surface area contributed by atoms with E-state index in [4.69, 9.17) is 5.73 Å². The third-order valence-electron chi connectivity index (χ3n) is 3.73. The van der Waals surface area contributed by atoms with Gasteiger partial charge in [0.05, 0.1) is 0 Å². The van der Waals surface area contributed by atoms with Gasteiger partial charge in [-0.25, -0.2) is 4.79 Å². The number of carbonyl (C=O) groups excluding carboxylic acids is 1. The molecule has 1 heterocycles. The summed E-state index contributed by atoms with van der Waals surface area (Å²) in [6, 6.07) is 1.17. The topological polar surface area (TPSA) is 112 Å². The Morgan fingerprint density at radius 3 is 2.79 bits per heavy atom. The molecule has 19 heavy (non-hydrogen) atoms. The number of amides is 1. The first kappa shape index (κ1) is 13.5. The van der Waals surface area contributed by atoms with Gasteiger partial charge in [-0.05, 0) is 25.3 Å². The lowest BCUT2D eigenvalue weighted by Crippen LogP contribution is -2.42. The van der Waals surface area contributed by atoms with E-state index >= 15 is 0 Å². The predicted molar refractivity (Wildman–Crippen MR) is 70.0 cm³/mol. The van der Waals surface area contributed by atoms with Gasteiger partial charge < -0.3 is 15.6 Å². The second-order valence-corrected chi connectivity index (χ2v) is 4.91. The van der Waals surface area contributed by atoms with E-state index in [9.17, 15) is 14.4 Å². The fourth-order valence-corrected chi connectivity index (χ4v) is 2.73. The average Bonchev–Trinajstić information content (AvgIpc) is 2.84. The maximum absolute atomic E-state index is 12.3. The summed E-state index contributed by atoms with van der Waals surface area (Å²) in [6.45, 7) is 0.536. The van der Waals surface area contributed by atoms with Gasteiger partial charge >= 0.3 is 5.69 Å². The molecule has 4 N–H and O–H groups in total. The molecule has 1 fully saturated rings. The molecule has 1 aliphatic carbocycles. The quantitative estimate of drug-likeness (QED) is 0.669. The lowest BCUT2D eigenvalue weighted by atomic mass is 10.0. The molecule has 0 saturated heterocycles. The van der Waals surface area contributed by atoms with Gasteiger partial charge in [0.1, 0.15) is 5.69 Å². The normalized spacial score (nSPS) is 22.4. The van der Waals surface area contributed by atoms with Crippen molar-refractivity contribution in [3.8, 4) is 0 Å². The number of hydrogen-bond donors (Lipinski definition) is 3. The van der Waals surface area contributed by atoms with Crippen LogP contribution in [0.3, 0.4) is 0 Å². The number of carbonyl (C=O) groups is 1. The van der Waals surface area contributed by atoms with Gasteiger partial charge in [-0.2, -0.15) is 0 Å². The SMILES string of the molecule is CN(C(=O)c1cc(=O)[nH]c(=O)[nH]1)C1CCCC1CN. The van der Waals surface area contributed by atoms with E-state index in [1.54, 1.807) is 11.9 Å². The molecule has 1 saturated carbocycles. The molecule has 7 heteroatoms. The summed E-state index contributed by atoms with van der Waals surface area (Å²) in [4.78, 5) is 40.6. The average molecular weight is 266 g/mol. The molecular weight excluding hydrogens is 248 g/mol. The van der Waals surface area contributed by atoms with E-state index in [1.807, 2.05) is 4.98 Å². The molecule has 1 aromatic heterocycles. The van der Waals surface area contributed by atoms with E-state index < -0.39 is 11.2 Å². The van der Waals surface area contributed by atoms with Crippen LogP contribution in [-0.4, -0.2) is 40.4 Å². The van der Waals surface area contributed by atoms with Crippen LogP contribution in [0.25, 0.3) is 0 Å². The summed E-state index contributed by atoms with van der Waals surface area (Å²) in [5, 5.41) is 0. The number of nitrogens with zero attached hydrogens (tertiary/aromatic N) is 1. The third kappa shape index (κ3) is 2.76. The Kier molecular flexibility index (Phi) is 3.84. The molecule has 1 amide bonds. The van der Waals surface area contributed by atoms with Crippen LogP contribution in [0.5, 0.6) is 0 Å². The van der Waals surface area contributed by atoms with Crippen molar-refractivity contribution in [2.75, 3.05) is 13.6 Å². The second kappa shape index (κ2) is 5.40. The monoisotopic (exact) mass is 266 g/mol. The first-order valence-electron chi connectivity index (χ1n) is 6.34. The Balaban J connectivity index is 2.23. The summed E-state index contributed by atoms with van der Waals surface area (Å²) in [5.74, 6) is -0.0729. The van der Waals surface area contributed by atoms with E-state index in [1.165, 1.54) is 0 Å². The molecule has 7 nitrogen and oxygen atoms in total. The molecule has 104 valence electrons. The Labute approximate surface area is 109 Å². The molecule has 2 atom stereocenters. The summed E-state index contributed by atoms with van der Waals surface area (Å²) < 4.78 is 0. The van der Waals surface area contributed by atoms with Gasteiger partial charge in [0.25, 0.3) is 11.5 Å². The molecule has 2 rings (SSSR count). The van der Waals surface area contributed by atoms with Crippen LogP contribution in [0.2, 0.25) is 0 Å². The fourth-order valence-electron chi connectivity index (χ4n) is 2.73. The minimum Gasteiger partial charge on any atom is -0.337 e. The highest BCUT2D eigenvalue weighted by molar-refractivity contribution is 5.92. The molecule has 1 aliphatic rings. The van der Waals surface area contributed by atoms with Crippen molar-refractivity contribution in [2.45, 2.75) is 25.3 Å². The molecule has 1 aromatic rings. The summed E-state index contributed by atoms with van der Waals surface area (Å²) in [5.41, 5.74) is 4.46. The number of hydrogen-bond acceptors (Lipinski definition) is 4. The summed E-state index contributed by atoms with van der Waals surface area (Å²) >= 11 is 0. The highest BCUT2D eigenvalue weighted by Gasteiger charge is 2.32. The zero-order valence-electron chi connectivity index (χ0n) is 10.8. The lowest BCUT2D eigenvalue weighted by molar-refractivity contribution is 0.0693. The summed E-state index contributed by atoms with van der Waals surface area (Å²) in [6.07, 6.45) is 2.94. The number of aromatic nitrogens is 2. The van der Waals surface area contributed by atoms with Crippen LogP contribution in [0, 0.1) is 5.92 Å². The Hall–Kier alpha value is -1.89. The second-order valence-electron chi connectivity index (χ2n) is 4.91. The fraction of sp³-hybridized carbons (Fsp3) is 0.583. The van der Waals surface area contributed by atoms with Crippen LogP contribution in [0.15, 0.2) is 15.7 Å². The number of H-pyrrole nitrogens is 2. The first-order valence-corrected chi connectivity index (χ1v) is 6.34. The highest BCUT2D eigenvalue weighted by Crippen LogP contribution is 2.28. The maximum Gasteiger partial charge on any atom is 0.326 e. The van der Waals surface area contributed by atoms with Crippen molar-refractivity contribution in [1.82, 2.24) is 14.9 Å². The van der Waals surface area contributed by atoms with Gasteiger partial charge in [0, 0.05) is 19.2 Å². The Bertz CT molecular complexity index is 549. The van der Waals surface area contributed by atoms with E-state index in [2.05, 4.69) is 4.98 Å². The highest BCUT2D eigenvalue weighted by atomic mass is 16.2. The first-order chi connectivity index (χ1) is 9.02. The van der Waals surface area contributed by atoms with Crippen LogP contribution in [-0.2, 0) is 0 Å². The smallest absolute Gasteiger partial charge is 0.326 e. The van der Waals surface area contributed by atoms with Gasteiger partial charge in [0.15, 0.2) is 0 Å². The van der Waals surface area contributed by atoms with Crippen LogP contribution < -0.4 is 17.0 Å². The molecule has 0 spiro atoms. The summed E-state index contributed by atoms with van der Waals surface area (Å²) in [7, 11) is 1.68. The standard InChI is InChI=1S/C12H18N4O3/c1-16(9-4-2-3-7(9)6-13)11(18)8-5-10(17)15-12(19)14-8/h5,7,9H,2-4,6,13H2,1H3,(H2,14,15,17,19). The maximum atomic E-state index is 12.3. The molecule has 0 radical (unpaired) electrons. The van der Waals surface area contributed by atoms with Crippen molar-refractivity contribution >= 4 is 5.91 Å². The minimum atomic E-state index is -0.675. The van der Waals surface area contributed by atoms with Crippen LogP contribution in [0.1, 0.15) is 29.8 Å². The Morgan fingerprint density at radius 1 is 1.42 bits per heavy atom. The number of aromatic amines is 2. The zero-order chi connectivity index (χ0) is 14.0. The van der Waals surface area contributed by atoms with Gasteiger partial charge in [-0.1, -0.05) is 6.42 Å². The molecule has 2 unspecified atom stereocenters. The van der Waals surface area contributed by atoms with Crippen LogP contribution >= 0.6 is 0 Å². The molecule has 0 aromatic carbocycles. The van der Waals surface area contributed by atoms with Crippen molar-refractivity contribution in [1.29, 1.82) is 0 Å². The van der Waals surface area contributed by atoms with Gasteiger partial charge in [0.2, 0.25) is 0 Å². The van der Waals surface area contributed by atoms with Crippen molar-refractivity contribution in [2.24, 2.45) is 11.7 Å². The number of nitrogens with one attached hydrogen (secondary N) is 2. The zero-order valence-corrected chi connectivity index (χ0v) is 10.8. The van der Waals surface area contributed by atoms with E-state index in [0.717, 1.165) is 25.3 Å². The molecule has 0 aliphatic heterocycles. The van der Waals surface area contributed by atoms with Gasteiger partial charge in [-0.15, -0.1) is 0 Å². The van der Waals surface area contributed by atoms with Crippen molar-refractivity contribution in [3.63, 3.8) is 0 Å². The van der Waals surface area contributed by atoms with Crippen molar-refractivity contribution in [3.05, 3.63) is 32.6 Å². The van der Waals surface area contributed by atoms with Crippen LogP contribution in [0.4, 0.5) is 0 Å². The Morgan fingerprint density at radius 2 is 2.16 bits per heavy atom. The van der Waals surface area contributed by atoms with Crippen molar-refractivity contribution < 1.29 is 4.79 Å². The number of nitrogens with two attached hydrogens (primary N) is 1. The predicted octanol–water partition coefficient (Wildman–Crippen LogP) is -0.737. The van der Waals surface area contributed by atoms with E-state index in [-0.39, 0.29) is 23.6 Å². The molecular formula is C12H18N4O3. The third-order valence-corrected chi connectivity index (χ3v) is 3.73. The number of rotatable bonds is 3. The molecule has 0 bridgehead atoms. The van der Waals surface area contributed by atoms with Gasteiger partial charge in [-0.3, -0.25) is 14.6 Å². The van der Waals surface area contributed by atoms with E-state index in [0.29, 0.717) is 6.54 Å². The minimum absolute atomic E-state index is 0.0129. The largest absolute Gasteiger partial charge is 0.337 e. The lowest BCUT2D eigenvalue weighted by Gasteiger charge is -2.29.